The van der Waals surface area contributed by atoms with Gasteiger partial charge >= 0.3 is 13.9 Å². The molecule has 0 bridgehead atoms. The van der Waals surface area contributed by atoms with Gasteiger partial charge < -0.3 is 19.6 Å². The summed E-state index contributed by atoms with van der Waals surface area (Å²) in [5.74, 6) is -0.921. The van der Waals surface area contributed by atoms with Gasteiger partial charge in [-0.2, -0.15) is 0 Å². The topological polar surface area (TPSA) is 182 Å². The summed E-state index contributed by atoms with van der Waals surface area (Å²) in [6.45, 7) is 5.66. The molecule has 296 valence electrons. The van der Waals surface area contributed by atoms with Crippen molar-refractivity contribution in [3.05, 3.63) is 144 Å². The molecule has 0 aliphatic carbocycles. The predicted octanol–water partition coefficient (Wildman–Crippen LogP) is 4.39. The van der Waals surface area contributed by atoms with Gasteiger partial charge in [-0.25, -0.2) is 31.8 Å². The molecular formula is C40H41N6O9PS. The highest BCUT2D eigenvalue weighted by Gasteiger charge is 2.51. The fraction of sp³-hybridized carbons (Fsp3) is 0.225. The second-order valence-corrected chi connectivity index (χ2v) is 16.8. The first-order valence-electron chi connectivity index (χ1n) is 18.1. The van der Waals surface area contributed by atoms with Crippen LogP contribution in [0, 0.1) is 6.92 Å². The fourth-order valence-electron chi connectivity index (χ4n) is 7.34. The monoisotopic (exact) mass is 812 g/mol. The average Bonchev–Trinajstić information content (AvgIpc) is 3.63. The van der Waals surface area contributed by atoms with Gasteiger partial charge in [-0.15, -0.1) is 6.58 Å². The van der Waals surface area contributed by atoms with E-state index in [1.54, 1.807) is 71.7 Å². The van der Waals surface area contributed by atoms with Crippen LogP contribution < -0.4 is 9.84 Å². The molecule has 4 aromatic carbocycles. The summed E-state index contributed by atoms with van der Waals surface area (Å²) in [6.07, 6.45) is 2.06. The summed E-state index contributed by atoms with van der Waals surface area (Å²) < 4.78 is 45.4. The maximum Gasteiger partial charge on any atom is 0.524 e. The number of aromatic nitrogens is 1. The summed E-state index contributed by atoms with van der Waals surface area (Å²) in [5, 5.41) is 6.61. The van der Waals surface area contributed by atoms with Gasteiger partial charge in [0.05, 0.1) is 23.5 Å². The van der Waals surface area contributed by atoms with Crippen LogP contribution in [0.1, 0.15) is 22.3 Å². The number of amides is 4. The van der Waals surface area contributed by atoms with E-state index in [9.17, 15) is 37.2 Å². The van der Waals surface area contributed by atoms with E-state index in [-0.39, 0.29) is 49.8 Å². The number of hydrogen-bond acceptors (Lipinski definition) is 8. The van der Waals surface area contributed by atoms with Crippen molar-refractivity contribution in [1.29, 1.82) is 0 Å². The average molecular weight is 813 g/mol. The van der Waals surface area contributed by atoms with Gasteiger partial charge in [0.15, 0.2) is 0 Å². The van der Waals surface area contributed by atoms with E-state index < -0.39 is 47.9 Å². The summed E-state index contributed by atoms with van der Waals surface area (Å²) in [4.78, 5) is 64.6. The van der Waals surface area contributed by atoms with Gasteiger partial charge in [0, 0.05) is 37.6 Å². The summed E-state index contributed by atoms with van der Waals surface area (Å²) in [7, 11) is -8.87. The smallest absolute Gasteiger partial charge is 0.404 e. The van der Waals surface area contributed by atoms with Gasteiger partial charge in [-0.1, -0.05) is 84.4 Å². The number of phosphoric acid groups is 1. The van der Waals surface area contributed by atoms with E-state index in [2.05, 4.69) is 11.9 Å². The molecule has 2 aliphatic rings. The van der Waals surface area contributed by atoms with E-state index in [0.717, 1.165) is 11.1 Å². The number of piperazine rings is 1. The zero-order chi connectivity index (χ0) is 40.5. The van der Waals surface area contributed by atoms with Crippen molar-refractivity contribution >= 4 is 46.6 Å². The minimum atomic E-state index is -4.83. The molecule has 3 N–H and O–H groups in total. The second kappa shape index (κ2) is 16.0. The molecule has 1 aromatic heterocycles. The molecule has 0 unspecified atom stereocenters. The van der Waals surface area contributed by atoms with Gasteiger partial charge in [0.2, 0.25) is 11.8 Å². The van der Waals surface area contributed by atoms with Crippen LogP contribution in [0.4, 0.5) is 4.79 Å². The fourth-order valence-corrected chi connectivity index (χ4v) is 9.13. The number of fused-ring (bicyclic) bond motifs is 2. The van der Waals surface area contributed by atoms with E-state index in [0.29, 0.717) is 22.0 Å². The maximum absolute atomic E-state index is 14.7. The minimum Gasteiger partial charge on any atom is -0.404 e. The van der Waals surface area contributed by atoms with Gasteiger partial charge in [0.1, 0.15) is 18.0 Å². The van der Waals surface area contributed by atoms with E-state index >= 15 is 0 Å². The third-order valence-electron chi connectivity index (χ3n) is 9.94. The molecule has 2 aliphatic heterocycles. The number of rotatable bonds is 12. The third kappa shape index (κ3) is 8.36. The summed E-state index contributed by atoms with van der Waals surface area (Å²) in [6, 6.07) is 27.0. The number of carbonyl (C=O) groups is 3. The van der Waals surface area contributed by atoms with Crippen LogP contribution in [-0.4, -0.2) is 91.7 Å². The van der Waals surface area contributed by atoms with Crippen molar-refractivity contribution in [2.75, 3.05) is 19.6 Å². The molecule has 0 saturated carbocycles. The zero-order valence-corrected chi connectivity index (χ0v) is 32.6. The maximum atomic E-state index is 14.7. The first-order valence-corrected chi connectivity index (χ1v) is 21.0. The van der Waals surface area contributed by atoms with Crippen LogP contribution in [-0.2, 0) is 43.7 Å². The highest BCUT2D eigenvalue weighted by Crippen LogP contribution is 2.38. The Morgan fingerprint density at radius 2 is 1.67 bits per heavy atom. The van der Waals surface area contributed by atoms with Gasteiger partial charge in [-0.3, -0.25) is 19.4 Å². The van der Waals surface area contributed by atoms with E-state index in [1.165, 1.54) is 37.1 Å². The number of carbonyl (C=O) groups excluding carboxylic acids is 3. The van der Waals surface area contributed by atoms with Crippen molar-refractivity contribution in [2.45, 2.75) is 43.5 Å². The molecule has 15 nitrogen and oxygen atoms in total. The highest BCUT2D eigenvalue weighted by atomic mass is 32.2. The van der Waals surface area contributed by atoms with Crippen LogP contribution in [0.5, 0.6) is 5.75 Å². The van der Waals surface area contributed by atoms with Gasteiger partial charge in [0.25, 0.3) is 10.0 Å². The Balaban J connectivity index is 1.28. The van der Waals surface area contributed by atoms with Crippen molar-refractivity contribution in [3.63, 3.8) is 0 Å². The number of hydrazine groups is 1. The molecule has 0 spiro atoms. The quantitative estimate of drug-likeness (QED) is 0.121. The first-order chi connectivity index (χ1) is 27.2. The Morgan fingerprint density at radius 3 is 2.35 bits per heavy atom. The minimum absolute atomic E-state index is 0.0168. The largest absolute Gasteiger partial charge is 0.524 e. The molecule has 17 heteroatoms. The molecule has 5 aromatic rings. The molecule has 2 atom stereocenters. The van der Waals surface area contributed by atoms with Crippen molar-refractivity contribution in [3.8, 4) is 5.75 Å². The Bertz CT molecular complexity index is 2470. The van der Waals surface area contributed by atoms with Crippen LogP contribution in [0.3, 0.4) is 0 Å². The lowest BCUT2D eigenvalue weighted by molar-refractivity contribution is -0.189. The number of nitrogens with one attached hydrogen (secondary N) is 1. The van der Waals surface area contributed by atoms with Crippen LogP contribution in [0.25, 0.3) is 10.9 Å². The van der Waals surface area contributed by atoms with Crippen molar-refractivity contribution in [2.24, 2.45) is 0 Å². The molecule has 0 radical (unpaired) electrons. The van der Waals surface area contributed by atoms with Crippen LogP contribution in [0.15, 0.2) is 127 Å². The van der Waals surface area contributed by atoms with E-state index in [1.807, 2.05) is 37.3 Å². The molecular weight excluding hydrogens is 772 g/mol. The first kappa shape index (κ1) is 39.5. The molecule has 3 heterocycles. The molecule has 2 fully saturated rings. The Hall–Kier alpha value is -5.77. The SMILES string of the molecule is C=CCN1CC(=O)N2[C@@H](Cc3ccc(OP(=O)(O)O)cc3)C(=O)N(Cc3cccc4ccn(S(=O)(=O)c5ccc(C)cc5)c34)C[C@@H]2N1C(=O)NCc1ccccc1. The second-order valence-electron chi connectivity index (χ2n) is 13.9. The Labute approximate surface area is 329 Å². The highest BCUT2D eigenvalue weighted by molar-refractivity contribution is 7.90. The number of nitrogens with zero attached hydrogens (tertiary/aromatic N) is 5. The van der Waals surface area contributed by atoms with Crippen molar-refractivity contribution < 1.29 is 41.7 Å². The van der Waals surface area contributed by atoms with Gasteiger partial charge in [-0.05, 0) is 53.9 Å². The summed E-state index contributed by atoms with van der Waals surface area (Å²) in [5.41, 5.74) is 3.22. The lowest BCUT2D eigenvalue weighted by atomic mass is 9.98. The Morgan fingerprint density at radius 1 is 0.947 bits per heavy atom. The van der Waals surface area contributed by atoms with Crippen LogP contribution >= 0.6 is 7.82 Å². The third-order valence-corrected chi connectivity index (χ3v) is 12.1. The normalized spacial score (nSPS) is 17.8. The standard InChI is InChI=1S/C40H41N6O9PS/c1-3-21-43-27-37(47)45-35(23-29-14-16-33(17-15-29)55-56(50,51)52)39(48)42(26-36(45)46(43)40(49)41-24-30-8-5-4-6-9-30)25-32-11-7-10-31-20-22-44(38(31)32)57(53,54)34-18-12-28(2)13-19-34/h3-20,22,35-36H,1,21,23-27H2,2H3,(H,41,49)(H2,50,51,52)/t35-,36-/m0/s1. The number of benzene rings is 4. The zero-order valence-electron chi connectivity index (χ0n) is 30.9. The molecule has 2 saturated heterocycles. The number of aryl methyl sites for hydroxylation is 1. The number of urea groups is 1. The van der Waals surface area contributed by atoms with Crippen molar-refractivity contribution in [1.82, 2.24) is 29.1 Å². The van der Waals surface area contributed by atoms with E-state index in [4.69, 9.17) is 4.52 Å². The lowest BCUT2D eigenvalue weighted by Crippen LogP contribution is -2.76. The predicted molar refractivity (Wildman–Crippen MR) is 211 cm³/mol. The number of para-hydroxylation sites is 1. The van der Waals surface area contributed by atoms with Crippen LogP contribution in [0.2, 0.25) is 0 Å². The molecule has 7 rings (SSSR count). The summed E-state index contributed by atoms with van der Waals surface area (Å²) >= 11 is 0. The molecule has 57 heavy (non-hydrogen) atoms. The number of phosphoric ester groups is 1. The molecule has 4 amide bonds. The number of hydrogen-bond donors (Lipinski definition) is 3. The lowest BCUT2D eigenvalue weighted by Gasteiger charge is -2.55. The Kier molecular flexibility index (Phi) is 11.1.